The van der Waals surface area contributed by atoms with Gasteiger partial charge in [0.2, 0.25) is 0 Å². The van der Waals surface area contributed by atoms with Crippen LogP contribution in [-0.2, 0) is 4.74 Å². The van der Waals surface area contributed by atoms with Crippen LogP contribution in [0.1, 0.15) is 31.4 Å². The molecule has 1 aromatic carbocycles. The molecule has 1 aliphatic heterocycles. The van der Waals surface area contributed by atoms with Crippen molar-refractivity contribution in [2.24, 2.45) is 0 Å². The Labute approximate surface area is 96.0 Å². The Morgan fingerprint density at radius 2 is 2.31 bits per heavy atom. The van der Waals surface area contributed by atoms with Gasteiger partial charge in [0.25, 0.3) is 0 Å². The van der Waals surface area contributed by atoms with E-state index in [-0.39, 0.29) is 0 Å². The molecule has 0 saturated carbocycles. The van der Waals surface area contributed by atoms with E-state index >= 15 is 0 Å². The first kappa shape index (κ1) is 11.4. The Morgan fingerprint density at radius 1 is 1.50 bits per heavy atom. The molecule has 0 aliphatic carbocycles. The van der Waals surface area contributed by atoms with Crippen LogP contribution >= 0.6 is 0 Å². The van der Waals surface area contributed by atoms with Crippen LogP contribution in [0.25, 0.3) is 0 Å². The number of rotatable bonds is 3. The third-order valence-electron chi connectivity index (χ3n) is 3.24. The van der Waals surface area contributed by atoms with Gasteiger partial charge in [0.1, 0.15) is 11.9 Å². The lowest BCUT2D eigenvalue weighted by atomic mass is 9.90. The first-order chi connectivity index (χ1) is 7.65. The first-order valence-corrected chi connectivity index (χ1v) is 5.62. The highest BCUT2D eigenvalue weighted by molar-refractivity contribution is 5.31. The summed E-state index contributed by atoms with van der Waals surface area (Å²) in [6.07, 6.45) is 1.31. The van der Waals surface area contributed by atoms with Gasteiger partial charge in [0.15, 0.2) is 0 Å². The number of aliphatic hydroxyl groups excluding tert-OH is 1. The van der Waals surface area contributed by atoms with E-state index in [1.165, 1.54) is 0 Å². The largest absolute Gasteiger partial charge is 0.497 e. The summed E-state index contributed by atoms with van der Waals surface area (Å²) in [5, 5.41) is 10.3. The summed E-state index contributed by atoms with van der Waals surface area (Å²) in [6.45, 7) is 2.70. The quantitative estimate of drug-likeness (QED) is 0.852. The van der Waals surface area contributed by atoms with Gasteiger partial charge in [-0.05, 0) is 37.5 Å². The van der Waals surface area contributed by atoms with E-state index < -0.39 is 11.7 Å². The molecule has 1 aliphatic rings. The van der Waals surface area contributed by atoms with Gasteiger partial charge in [-0.2, -0.15) is 0 Å². The second-order valence-corrected chi connectivity index (χ2v) is 4.44. The summed E-state index contributed by atoms with van der Waals surface area (Å²) in [7, 11) is 1.62. The molecule has 2 rings (SSSR count). The minimum atomic E-state index is -0.593. The van der Waals surface area contributed by atoms with E-state index in [2.05, 4.69) is 0 Å². The van der Waals surface area contributed by atoms with Gasteiger partial charge < -0.3 is 14.6 Å². The maximum Gasteiger partial charge on any atom is 0.119 e. The second-order valence-electron chi connectivity index (χ2n) is 4.44. The highest BCUT2D eigenvalue weighted by Gasteiger charge is 2.38. The average Bonchev–Trinajstić information content (AvgIpc) is 2.76. The highest BCUT2D eigenvalue weighted by Crippen LogP contribution is 2.37. The smallest absolute Gasteiger partial charge is 0.119 e. The molecule has 3 heteroatoms. The molecule has 16 heavy (non-hydrogen) atoms. The molecule has 1 N–H and O–H groups in total. The van der Waals surface area contributed by atoms with Crippen LogP contribution in [0.5, 0.6) is 5.75 Å². The van der Waals surface area contributed by atoms with Gasteiger partial charge >= 0.3 is 0 Å². The van der Waals surface area contributed by atoms with Crippen molar-refractivity contribution < 1.29 is 14.6 Å². The molecule has 1 heterocycles. The standard InChI is InChI=1S/C13H18O3/c1-13(7-4-8-16-13)12(14)10-5-3-6-11(9-10)15-2/h3,5-6,9,12,14H,4,7-8H2,1-2H3. The van der Waals surface area contributed by atoms with Gasteiger partial charge in [-0.15, -0.1) is 0 Å². The van der Waals surface area contributed by atoms with Crippen molar-refractivity contribution in [3.63, 3.8) is 0 Å². The molecule has 0 bridgehead atoms. The van der Waals surface area contributed by atoms with Gasteiger partial charge in [0.05, 0.1) is 12.7 Å². The SMILES string of the molecule is COc1cccc(C(O)C2(C)CCCO2)c1. The summed E-state index contributed by atoms with van der Waals surface area (Å²) < 4.78 is 10.8. The van der Waals surface area contributed by atoms with Crippen LogP contribution < -0.4 is 4.74 Å². The molecule has 0 amide bonds. The molecule has 0 radical (unpaired) electrons. The zero-order chi connectivity index (χ0) is 11.6. The Kier molecular flexibility index (Phi) is 3.17. The van der Waals surface area contributed by atoms with Gasteiger partial charge in [-0.1, -0.05) is 12.1 Å². The molecule has 1 fully saturated rings. The minimum Gasteiger partial charge on any atom is -0.497 e. The van der Waals surface area contributed by atoms with Crippen molar-refractivity contribution in [2.75, 3.05) is 13.7 Å². The molecule has 1 saturated heterocycles. The minimum absolute atomic E-state index is 0.452. The highest BCUT2D eigenvalue weighted by atomic mass is 16.5. The summed E-state index contributed by atoms with van der Waals surface area (Å²) in [5.41, 5.74) is 0.399. The van der Waals surface area contributed by atoms with Crippen LogP contribution in [0.2, 0.25) is 0 Å². The topological polar surface area (TPSA) is 38.7 Å². The van der Waals surface area contributed by atoms with Crippen LogP contribution in [-0.4, -0.2) is 24.4 Å². The zero-order valence-electron chi connectivity index (χ0n) is 9.77. The molecule has 88 valence electrons. The van der Waals surface area contributed by atoms with Gasteiger partial charge in [0, 0.05) is 6.61 Å². The molecule has 2 unspecified atom stereocenters. The lowest BCUT2D eigenvalue weighted by molar-refractivity contribution is -0.0796. The fourth-order valence-electron chi connectivity index (χ4n) is 2.18. The lowest BCUT2D eigenvalue weighted by Gasteiger charge is -2.29. The third kappa shape index (κ3) is 2.06. The first-order valence-electron chi connectivity index (χ1n) is 5.62. The molecule has 0 spiro atoms. The van der Waals surface area contributed by atoms with Gasteiger partial charge in [-0.25, -0.2) is 0 Å². The molecular formula is C13H18O3. The van der Waals surface area contributed by atoms with E-state index in [1.807, 2.05) is 31.2 Å². The van der Waals surface area contributed by atoms with Crippen LogP contribution in [0.15, 0.2) is 24.3 Å². The Bertz CT molecular complexity index is 356. The monoisotopic (exact) mass is 222 g/mol. The second kappa shape index (κ2) is 4.44. The molecule has 0 aromatic heterocycles. The van der Waals surface area contributed by atoms with Crippen LogP contribution in [0, 0.1) is 0 Å². The van der Waals surface area contributed by atoms with E-state index in [9.17, 15) is 5.11 Å². The summed E-state index contributed by atoms with van der Waals surface area (Å²) >= 11 is 0. The molecule has 1 aromatic rings. The average molecular weight is 222 g/mol. The van der Waals surface area contributed by atoms with Crippen molar-refractivity contribution >= 4 is 0 Å². The molecule has 3 nitrogen and oxygen atoms in total. The maximum atomic E-state index is 10.3. The van der Waals surface area contributed by atoms with E-state index in [1.54, 1.807) is 7.11 Å². The number of hydrogen-bond donors (Lipinski definition) is 1. The summed E-state index contributed by atoms with van der Waals surface area (Å²) in [5.74, 6) is 0.762. The van der Waals surface area contributed by atoms with Crippen LogP contribution in [0.3, 0.4) is 0 Å². The number of ether oxygens (including phenoxy) is 2. The summed E-state index contributed by atoms with van der Waals surface area (Å²) in [6, 6.07) is 7.52. The maximum absolute atomic E-state index is 10.3. The predicted octanol–water partition coefficient (Wildman–Crippen LogP) is 2.30. The van der Waals surface area contributed by atoms with Crippen molar-refractivity contribution in [3.8, 4) is 5.75 Å². The predicted molar refractivity (Wildman–Crippen MR) is 61.5 cm³/mol. The van der Waals surface area contributed by atoms with Crippen molar-refractivity contribution in [1.29, 1.82) is 0 Å². The third-order valence-corrected chi connectivity index (χ3v) is 3.24. The zero-order valence-corrected chi connectivity index (χ0v) is 9.77. The fraction of sp³-hybridized carbons (Fsp3) is 0.538. The number of aliphatic hydroxyl groups is 1. The normalized spacial score (nSPS) is 26.7. The number of methoxy groups -OCH3 is 1. The molecular weight excluding hydrogens is 204 g/mol. The number of hydrogen-bond acceptors (Lipinski definition) is 3. The Morgan fingerprint density at radius 3 is 2.94 bits per heavy atom. The van der Waals surface area contributed by atoms with Crippen LogP contribution in [0.4, 0.5) is 0 Å². The van der Waals surface area contributed by atoms with Crippen molar-refractivity contribution in [3.05, 3.63) is 29.8 Å². The Balaban J connectivity index is 2.22. The van der Waals surface area contributed by atoms with E-state index in [4.69, 9.17) is 9.47 Å². The Hall–Kier alpha value is -1.06. The van der Waals surface area contributed by atoms with Crippen molar-refractivity contribution in [1.82, 2.24) is 0 Å². The van der Waals surface area contributed by atoms with E-state index in [0.717, 1.165) is 30.8 Å². The van der Waals surface area contributed by atoms with Gasteiger partial charge in [-0.3, -0.25) is 0 Å². The summed E-state index contributed by atoms with van der Waals surface area (Å²) in [4.78, 5) is 0. The molecule has 2 atom stereocenters. The number of benzene rings is 1. The van der Waals surface area contributed by atoms with Crippen molar-refractivity contribution in [2.45, 2.75) is 31.5 Å². The van der Waals surface area contributed by atoms with E-state index in [0.29, 0.717) is 0 Å². The fourth-order valence-corrected chi connectivity index (χ4v) is 2.18. The lowest BCUT2D eigenvalue weighted by Crippen LogP contribution is -2.31.